The maximum Gasteiger partial charge on any atom is 0.346 e. The predicted molar refractivity (Wildman–Crippen MR) is 41.3 cm³/mol. The molecule has 0 aliphatic rings. The number of nitrogens with two attached hydrogens (primary N) is 1. The van der Waals surface area contributed by atoms with Gasteiger partial charge in [0.2, 0.25) is 0 Å². The Labute approximate surface area is 66.0 Å². The van der Waals surface area contributed by atoms with Crippen LogP contribution in [0.2, 0.25) is 0 Å². The van der Waals surface area contributed by atoms with Crippen LogP contribution in [0.1, 0.15) is 6.42 Å². The van der Waals surface area contributed by atoms with Gasteiger partial charge in [0.25, 0.3) is 0 Å². The number of hydrogen-bond donors (Lipinski definition) is 2. The van der Waals surface area contributed by atoms with Gasteiger partial charge in [0, 0.05) is 20.8 Å². The van der Waals surface area contributed by atoms with E-state index in [0.29, 0.717) is 0 Å². The lowest BCUT2D eigenvalue weighted by atomic mass is 10.5. The second-order valence-corrected chi connectivity index (χ2v) is 4.46. The smallest absolute Gasteiger partial charge is 0.346 e. The molecule has 0 aromatic heterocycles. The van der Waals surface area contributed by atoms with Gasteiger partial charge in [-0.2, -0.15) is 0 Å². The van der Waals surface area contributed by atoms with E-state index in [1.165, 1.54) is 14.2 Å². The quantitative estimate of drug-likeness (QED) is 0.592. The van der Waals surface area contributed by atoms with Gasteiger partial charge in [-0.1, -0.05) is 0 Å². The lowest BCUT2D eigenvalue weighted by Crippen LogP contribution is -2.23. The van der Waals surface area contributed by atoms with Crippen LogP contribution in [0, 0.1) is 0 Å². The van der Waals surface area contributed by atoms with Gasteiger partial charge in [-0.05, 0) is 6.42 Å². The molecule has 0 aromatic carbocycles. The number of hydrogen-bond acceptors (Lipinski definition) is 5. The molecule has 0 aliphatic carbocycles. The van der Waals surface area contributed by atoms with E-state index in [2.05, 4.69) is 9.05 Å². The Morgan fingerprint density at radius 2 is 2.00 bits per heavy atom. The van der Waals surface area contributed by atoms with Crippen molar-refractivity contribution in [3.8, 4) is 0 Å². The third kappa shape index (κ3) is 2.89. The molecule has 0 aromatic rings. The Morgan fingerprint density at radius 1 is 1.55 bits per heavy atom. The van der Waals surface area contributed by atoms with E-state index in [-0.39, 0.29) is 13.0 Å². The molecule has 0 spiro atoms. The predicted octanol–water partition coefficient (Wildman–Crippen LogP) is 0.139. The zero-order valence-corrected chi connectivity index (χ0v) is 7.58. The molecule has 3 N–H and O–H groups in total. The molecule has 0 saturated heterocycles. The van der Waals surface area contributed by atoms with Crippen molar-refractivity contribution in [2.45, 2.75) is 12.2 Å². The van der Waals surface area contributed by atoms with Gasteiger partial charge in [0.15, 0.2) is 0 Å². The van der Waals surface area contributed by atoms with E-state index < -0.39 is 13.4 Å². The first kappa shape index (κ1) is 11.1. The summed E-state index contributed by atoms with van der Waals surface area (Å²) < 4.78 is 20.6. The van der Waals surface area contributed by atoms with E-state index in [0.717, 1.165) is 0 Å². The molecule has 6 heteroatoms. The van der Waals surface area contributed by atoms with E-state index in [1.807, 2.05) is 0 Å². The minimum atomic E-state index is -3.17. The van der Waals surface area contributed by atoms with Gasteiger partial charge >= 0.3 is 7.60 Å². The lowest BCUT2D eigenvalue weighted by Gasteiger charge is -2.19. The maximum atomic E-state index is 11.4. The number of rotatable bonds is 5. The maximum absolute atomic E-state index is 11.4. The van der Waals surface area contributed by atoms with E-state index in [1.54, 1.807) is 0 Å². The van der Waals surface area contributed by atoms with Crippen LogP contribution in [0.5, 0.6) is 0 Å². The summed E-state index contributed by atoms with van der Waals surface area (Å²) in [6.07, 6.45) is 0.207. The van der Waals surface area contributed by atoms with Crippen molar-refractivity contribution in [2.75, 3.05) is 20.8 Å². The molecular weight excluding hydrogens is 169 g/mol. The molecule has 0 bridgehead atoms. The van der Waals surface area contributed by atoms with Gasteiger partial charge in [0.05, 0.1) is 0 Å². The first-order valence-corrected chi connectivity index (χ1v) is 4.79. The van der Waals surface area contributed by atoms with Crippen LogP contribution in [0.15, 0.2) is 0 Å². The summed E-state index contributed by atoms with van der Waals surface area (Å²) >= 11 is 0. The highest BCUT2D eigenvalue weighted by molar-refractivity contribution is 7.54. The van der Waals surface area contributed by atoms with Crippen LogP contribution in [-0.4, -0.2) is 31.7 Å². The van der Waals surface area contributed by atoms with E-state index >= 15 is 0 Å². The molecule has 0 amide bonds. The fraction of sp³-hybridized carbons (Fsp3) is 1.00. The zero-order valence-electron chi connectivity index (χ0n) is 6.69. The Morgan fingerprint density at radius 3 is 2.27 bits per heavy atom. The van der Waals surface area contributed by atoms with Crippen molar-refractivity contribution >= 4 is 7.60 Å². The molecule has 1 atom stereocenters. The van der Waals surface area contributed by atoms with Crippen LogP contribution in [0.4, 0.5) is 0 Å². The molecule has 0 saturated carbocycles. The molecule has 0 radical (unpaired) electrons. The van der Waals surface area contributed by atoms with Gasteiger partial charge < -0.3 is 19.9 Å². The molecule has 68 valence electrons. The first-order valence-electron chi connectivity index (χ1n) is 3.18. The van der Waals surface area contributed by atoms with Crippen LogP contribution in [-0.2, 0) is 13.6 Å². The van der Waals surface area contributed by atoms with Gasteiger partial charge in [-0.3, -0.25) is 4.57 Å². The zero-order chi connectivity index (χ0) is 8.91. The molecule has 1 unspecified atom stereocenters. The lowest BCUT2D eigenvalue weighted by molar-refractivity contribution is 0.245. The topological polar surface area (TPSA) is 81.8 Å². The minimum absolute atomic E-state index is 0.127. The average molecular weight is 183 g/mol. The van der Waals surface area contributed by atoms with Crippen molar-refractivity contribution in [1.29, 1.82) is 0 Å². The molecule has 11 heavy (non-hydrogen) atoms. The molecule has 5 nitrogen and oxygen atoms in total. The van der Waals surface area contributed by atoms with Crippen molar-refractivity contribution in [3.63, 3.8) is 0 Å². The van der Waals surface area contributed by atoms with Gasteiger partial charge in [0.1, 0.15) is 5.78 Å². The Kier molecular flexibility index (Phi) is 4.88. The summed E-state index contributed by atoms with van der Waals surface area (Å²) in [7, 11) is -0.640. The Hall–Kier alpha value is 0.0700. The highest BCUT2D eigenvalue weighted by Gasteiger charge is 2.29. The molecule has 0 aliphatic heterocycles. The van der Waals surface area contributed by atoms with Crippen molar-refractivity contribution < 1.29 is 18.7 Å². The second kappa shape index (κ2) is 4.85. The average Bonchev–Trinajstić information content (AvgIpc) is 2.03. The third-order valence-electron chi connectivity index (χ3n) is 1.34. The van der Waals surface area contributed by atoms with Crippen LogP contribution >= 0.6 is 7.60 Å². The normalized spacial score (nSPS) is 14.9. The largest absolute Gasteiger partial charge is 0.396 e. The van der Waals surface area contributed by atoms with Crippen molar-refractivity contribution in [3.05, 3.63) is 0 Å². The summed E-state index contributed by atoms with van der Waals surface area (Å²) in [6, 6.07) is 0. The third-order valence-corrected chi connectivity index (χ3v) is 3.43. The van der Waals surface area contributed by atoms with Crippen LogP contribution in [0.3, 0.4) is 0 Å². The second-order valence-electron chi connectivity index (χ2n) is 1.98. The SMILES string of the molecule is COP(=O)(OC)C(N)CCO. The molecular formula is C5H14NO4P. The number of aliphatic hydroxyl groups excluding tert-OH is 1. The molecule has 0 rings (SSSR count). The minimum Gasteiger partial charge on any atom is -0.396 e. The fourth-order valence-corrected chi connectivity index (χ4v) is 1.76. The van der Waals surface area contributed by atoms with Gasteiger partial charge in [-0.25, -0.2) is 0 Å². The van der Waals surface area contributed by atoms with Crippen molar-refractivity contribution in [1.82, 2.24) is 0 Å². The summed E-state index contributed by atoms with van der Waals surface area (Å²) in [5, 5.41) is 8.48. The Bertz CT molecular complexity index is 143. The van der Waals surface area contributed by atoms with E-state index in [4.69, 9.17) is 10.8 Å². The van der Waals surface area contributed by atoms with Crippen LogP contribution < -0.4 is 5.73 Å². The monoisotopic (exact) mass is 183 g/mol. The van der Waals surface area contributed by atoms with E-state index in [9.17, 15) is 4.57 Å². The summed E-state index contributed by atoms with van der Waals surface area (Å²) in [6.45, 7) is -0.127. The first-order chi connectivity index (χ1) is 5.10. The van der Waals surface area contributed by atoms with Crippen molar-refractivity contribution in [2.24, 2.45) is 5.73 Å². The Balaban J connectivity index is 4.13. The standard InChI is InChI=1S/C5H14NO4P/c1-9-11(8,10-2)5(6)3-4-7/h5,7H,3-4,6H2,1-2H3. The summed E-state index contributed by atoms with van der Waals surface area (Å²) in [5.74, 6) is -0.748. The molecule has 0 fully saturated rings. The van der Waals surface area contributed by atoms with Gasteiger partial charge in [-0.15, -0.1) is 0 Å². The van der Waals surface area contributed by atoms with Crippen LogP contribution in [0.25, 0.3) is 0 Å². The highest BCUT2D eigenvalue weighted by Crippen LogP contribution is 2.50. The highest BCUT2D eigenvalue weighted by atomic mass is 31.2. The fourth-order valence-electron chi connectivity index (χ4n) is 0.636. The summed E-state index contributed by atoms with van der Waals surface area (Å²) in [4.78, 5) is 0. The number of aliphatic hydroxyl groups is 1. The summed E-state index contributed by atoms with van der Waals surface area (Å²) in [5.41, 5.74) is 5.41. The molecule has 0 heterocycles.